The van der Waals surface area contributed by atoms with Gasteiger partial charge in [-0.3, -0.25) is 4.79 Å². The summed E-state index contributed by atoms with van der Waals surface area (Å²) in [6.45, 7) is 3.59. The number of hydrogen-bond donors (Lipinski definition) is 1. The molecule has 1 saturated carbocycles. The first-order valence-corrected chi connectivity index (χ1v) is 12.5. The third-order valence-corrected chi connectivity index (χ3v) is 8.04. The Morgan fingerprint density at radius 2 is 1.78 bits per heavy atom. The molecule has 1 aliphatic carbocycles. The van der Waals surface area contributed by atoms with Crippen molar-refractivity contribution in [1.29, 1.82) is 0 Å². The van der Waals surface area contributed by atoms with E-state index in [1.165, 1.54) is 36.2 Å². The number of ether oxygens (including phenoxy) is 1. The number of likely N-dealkylation sites (N-methyl/N-ethyl adjacent to an activating group) is 1. The normalized spacial score (nSPS) is 21.7. The predicted octanol–water partition coefficient (Wildman–Crippen LogP) is 5.25. The van der Waals surface area contributed by atoms with E-state index in [1.807, 2.05) is 26.2 Å². The molecule has 4 rings (SSSR count). The van der Waals surface area contributed by atoms with Crippen molar-refractivity contribution < 1.29 is 23.2 Å². The molecular weight excluding hydrogens is 497 g/mol. The molecular formula is C28H31ClFN3O4. The molecule has 0 bridgehead atoms. The number of esters is 1. The smallest absolute Gasteiger partial charge is 0.345 e. The van der Waals surface area contributed by atoms with Gasteiger partial charge in [-0.05, 0) is 83.3 Å². The number of halogens is 2. The number of rotatable bonds is 7. The number of aromatic nitrogens is 1. The van der Waals surface area contributed by atoms with Crippen LogP contribution in [0.2, 0.25) is 5.02 Å². The van der Waals surface area contributed by atoms with Gasteiger partial charge in [0.1, 0.15) is 22.8 Å². The Bertz CT molecular complexity index is 1310. The minimum atomic E-state index is -1.51. The Morgan fingerprint density at radius 3 is 2.38 bits per heavy atom. The van der Waals surface area contributed by atoms with Crippen LogP contribution >= 0.6 is 11.6 Å². The molecule has 0 unspecified atom stereocenters. The molecule has 0 spiro atoms. The molecule has 1 fully saturated rings. The highest BCUT2D eigenvalue weighted by Crippen LogP contribution is 2.43. The Morgan fingerprint density at radius 1 is 1.11 bits per heavy atom. The summed E-state index contributed by atoms with van der Waals surface area (Å²) >= 11 is 6.21. The summed E-state index contributed by atoms with van der Waals surface area (Å²) in [6, 6.07) is 12.4. The first-order valence-electron chi connectivity index (χ1n) is 12.2. The average Bonchev–Trinajstić information content (AvgIpc) is 3.22. The van der Waals surface area contributed by atoms with E-state index >= 15 is 0 Å². The van der Waals surface area contributed by atoms with Gasteiger partial charge in [-0.1, -0.05) is 47.1 Å². The van der Waals surface area contributed by atoms with Gasteiger partial charge in [-0.2, -0.15) is 0 Å². The summed E-state index contributed by atoms with van der Waals surface area (Å²) in [5, 5.41) is 3.93. The van der Waals surface area contributed by atoms with E-state index in [0.717, 1.165) is 6.42 Å². The second-order valence-corrected chi connectivity index (χ2v) is 10.4. The molecule has 37 heavy (non-hydrogen) atoms. The molecule has 1 amide bonds. The third kappa shape index (κ3) is 5.00. The highest BCUT2D eigenvalue weighted by molar-refractivity contribution is 6.33. The van der Waals surface area contributed by atoms with Crippen LogP contribution in [0, 0.1) is 19.7 Å². The van der Waals surface area contributed by atoms with Gasteiger partial charge in [0.25, 0.3) is 5.91 Å². The van der Waals surface area contributed by atoms with Gasteiger partial charge >= 0.3 is 5.97 Å². The monoisotopic (exact) mass is 527 g/mol. The summed E-state index contributed by atoms with van der Waals surface area (Å²) in [6.07, 6.45) is 2.45. The van der Waals surface area contributed by atoms with Gasteiger partial charge in [-0.25, -0.2) is 9.18 Å². The standard InChI is InChI=1S/C28H31ClFN3O4/c1-17-8-5-6-9-19(17)16-27(33(3)4)12-14-28(15-13-27,26(31)35)36-25(34)22-18(2)37-32-24(22)23-20(29)10-7-11-21(23)30/h5-11H,12-16H2,1-4H3,(H2,31,35). The highest BCUT2D eigenvalue weighted by Gasteiger charge is 2.50. The molecule has 0 aliphatic heterocycles. The van der Waals surface area contributed by atoms with Gasteiger partial charge in [0.05, 0.1) is 10.6 Å². The zero-order chi connectivity index (χ0) is 27.0. The van der Waals surface area contributed by atoms with Crippen molar-refractivity contribution in [3.05, 3.63) is 75.8 Å². The quantitative estimate of drug-likeness (QED) is 0.421. The minimum absolute atomic E-state index is 0.0663. The summed E-state index contributed by atoms with van der Waals surface area (Å²) in [4.78, 5) is 28.4. The molecule has 1 aliphatic rings. The maximum atomic E-state index is 14.6. The number of nitrogens with zero attached hydrogens (tertiary/aromatic N) is 2. The number of benzene rings is 2. The van der Waals surface area contributed by atoms with Crippen LogP contribution in [-0.2, 0) is 16.0 Å². The van der Waals surface area contributed by atoms with Crippen LogP contribution in [0.1, 0.15) is 52.9 Å². The second kappa shape index (κ2) is 10.3. The largest absolute Gasteiger partial charge is 0.445 e. The number of hydrogen-bond acceptors (Lipinski definition) is 6. The van der Waals surface area contributed by atoms with Crippen LogP contribution in [0.25, 0.3) is 11.3 Å². The number of amides is 1. The van der Waals surface area contributed by atoms with Crippen LogP contribution in [0.4, 0.5) is 4.39 Å². The van der Waals surface area contributed by atoms with E-state index in [1.54, 1.807) is 0 Å². The highest BCUT2D eigenvalue weighted by atomic mass is 35.5. The summed E-state index contributed by atoms with van der Waals surface area (Å²) in [5.41, 5.74) is 6.26. The predicted molar refractivity (Wildman–Crippen MR) is 139 cm³/mol. The van der Waals surface area contributed by atoms with Gasteiger partial charge < -0.3 is 19.9 Å². The molecule has 0 atom stereocenters. The summed E-state index contributed by atoms with van der Waals surface area (Å²) < 4.78 is 25.7. The Hall–Kier alpha value is -3.23. The number of carbonyl (C=O) groups excluding carboxylic acids is 2. The van der Waals surface area contributed by atoms with E-state index in [-0.39, 0.29) is 46.0 Å². The maximum Gasteiger partial charge on any atom is 0.345 e. The van der Waals surface area contributed by atoms with Crippen molar-refractivity contribution in [1.82, 2.24) is 10.1 Å². The Kier molecular flexibility index (Phi) is 7.44. The van der Waals surface area contributed by atoms with E-state index in [2.05, 4.69) is 29.1 Å². The van der Waals surface area contributed by atoms with Gasteiger partial charge in [0.2, 0.25) is 0 Å². The molecule has 7 nitrogen and oxygen atoms in total. The van der Waals surface area contributed by atoms with Gasteiger partial charge in [0.15, 0.2) is 5.60 Å². The number of primary amides is 1. The zero-order valence-electron chi connectivity index (χ0n) is 21.4. The van der Waals surface area contributed by atoms with E-state index < -0.39 is 23.3 Å². The molecule has 196 valence electrons. The zero-order valence-corrected chi connectivity index (χ0v) is 22.2. The lowest BCUT2D eigenvalue weighted by Gasteiger charge is -2.48. The number of carbonyl (C=O) groups is 2. The summed E-state index contributed by atoms with van der Waals surface area (Å²) in [7, 11) is 4.04. The van der Waals surface area contributed by atoms with Crippen molar-refractivity contribution in [3.8, 4) is 11.3 Å². The fourth-order valence-electron chi connectivity index (χ4n) is 5.20. The van der Waals surface area contributed by atoms with Crippen molar-refractivity contribution in [2.24, 2.45) is 5.73 Å². The lowest BCUT2D eigenvalue weighted by molar-refractivity contribution is -0.144. The molecule has 0 radical (unpaired) electrons. The van der Waals surface area contributed by atoms with Crippen molar-refractivity contribution in [2.45, 2.75) is 57.1 Å². The van der Waals surface area contributed by atoms with E-state index in [4.69, 9.17) is 26.6 Å². The topological polar surface area (TPSA) is 98.7 Å². The molecule has 2 aromatic carbocycles. The SMILES string of the molecule is Cc1ccccc1CC1(N(C)C)CCC(OC(=O)c2c(-c3c(F)cccc3Cl)noc2C)(C(N)=O)CC1. The van der Waals surface area contributed by atoms with E-state index in [9.17, 15) is 14.0 Å². The van der Waals surface area contributed by atoms with Crippen molar-refractivity contribution >= 4 is 23.5 Å². The van der Waals surface area contributed by atoms with Crippen LogP contribution in [0.3, 0.4) is 0 Å². The third-order valence-electron chi connectivity index (χ3n) is 7.72. The van der Waals surface area contributed by atoms with Crippen LogP contribution in [-0.4, -0.2) is 47.2 Å². The molecule has 1 heterocycles. The number of aryl methyl sites for hydroxylation is 2. The number of nitrogens with two attached hydrogens (primary N) is 1. The summed E-state index contributed by atoms with van der Waals surface area (Å²) in [5.74, 6) is -2.12. The van der Waals surface area contributed by atoms with Crippen molar-refractivity contribution in [3.63, 3.8) is 0 Å². The van der Waals surface area contributed by atoms with Crippen LogP contribution in [0.5, 0.6) is 0 Å². The second-order valence-electron chi connectivity index (χ2n) is 10.0. The fraction of sp³-hybridized carbons (Fsp3) is 0.393. The molecule has 3 aromatic rings. The fourth-order valence-corrected chi connectivity index (χ4v) is 5.45. The van der Waals surface area contributed by atoms with Gasteiger partial charge in [0, 0.05) is 5.54 Å². The molecule has 9 heteroatoms. The van der Waals surface area contributed by atoms with Crippen molar-refractivity contribution in [2.75, 3.05) is 14.1 Å². The van der Waals surface area contributed by atoms with Crippen LogP contribution in [0.15, 0.2) is 47.0 Å². The lowest BCUT2D eigenvalue weighted by atomic mass is 9.70. The first kappa shape index (κ1) is 26.8. The lowest BCUT2D eigenvalue weighted by Crippen LogP contribution is -2.57. The first-order chi connectivity index (χ1) is 17.5. The molecule has 2 N–H and O–H groups in total. The molecule has 1 aromatic heterocycles. The minimum Gasteiger partial charge on any atom is -0.445 e. The van der Waals surface area contributed by atoms with Gasteiger partial charge in [-0.15, -0.1) is 0 Å². The van der Waals surface area contributed by atoms with E-state index in [0.29, 0.717) is 12.8 Å². The van der Waals surface area contributed by atoms with Crippen LogP contribution < -0.4 is 5.73 Å². The Balaban J connectivity index is 1.62. The molecule has 0 saturated heterocycles. The Labute approximate surface area is 220 Å². The average molecular weight is 528 g/mol. The maximum absolute atomic E-state index is 14.6.